The molecule has 2 aromatic rings. The summed E-state index contributed by atoms with van der Waals surface area (Å²) < 4.78 is 51.9. The Bertz CT molecular complexity index is 953. The minimum Gasteiger partial charge on any atom is -0.388 e. The van der Waals surface area contributed by atoms with Crippen LogP contribution in [0.5, 0.6) is 0 Å². The predicted molar refractivity (Wildman–Crippen MR) is 120 cm³/mol. The summed E-state index contributed by atoms with van der Waals surface area (Å²) in [7, 11) is 0. The van der Waals surface area contributed by atoms with Crippen molar-refractivity contribution in [1.82, 2.24) is 0 Å². The van der Waals surface area contributed by atoms with E-state index >= 15 is 0 Å². The van der Waals surface area contributed by atoms with Crippen molar-refractivity contribution in [3.05, 3.63) is 75.9 Å². The van der Waals surface area contributed by atoms with Gasteiger partial charge in [-0.05, 0) is 52.9 Å². The molecular weight excluding hydrogens is 652 g/mol. The van der Waals surface area contributed by atoms with Crippen LogP contribution in [0.4, 0.5) is 17.6 Å². The van der Waals surface area contributed by atoms with Crippen molar-refractivity contribution >= 4 is 69.8 Å². The average Bonchev–Trinajstić information content (AvgIpc) is 2.67. The molecule has 1 N–H and O–H groups in total. The van der Waals surface area contributed by atoms with Crippen LogP contribution in [-0.2, 0) is 0 Å². The molecule has 1 nitrogen and oxygen atoms in total. The summed E-state index contributed by atoms with van der Waals surface area (Å²) >= 11 is 13.6. The first-order valence-electron chi connectivity index (χ1n) is 8.50. The average molecular weight is 666 g/mol. The zero-order chi connectivity index (χ0) is 21.5. The van der Waals surface area contributed by atoms with E-state index < -0.39 is 29.4 Å². The van der Waals surface area contributed by atoms with Crippen LogP contribution in [0.15, 0.2) is 30.3 Å². The first-order valence-corrected chi connectivity index (χ1v) is 12.2. The van der Waals surface area contributed by atoms with Gasteiger partial charge in [-0.15, -0.1) is 0 Å². The van der Waals surface area contributed by atoms with Gasteiger partial charge < -0.3 is 5.11 Å². The number of allylic oxidation sites excluding steroid dienone is 1. The molecule has 0 amide bonds. The molecule has 0 bridgehead atoms. The number of alkyl halides is 4. The molecule has 0 aromatic heterocycles. The largest absolute Gasteiger partial charge is 0.388 e. The fourth-order valence-corrected chi connectivity index (χ4v) is 5.45. The van der Waals surface area contributed by atoms with E-state index in [4.69, 9.17) is 0 Å². The molecule has 0 aliphatic heterocycles. The fraction of sp³-hybridized carbons (Fsp3) is 0.300. The highest BCUT2D eigenvalue weighted by atomic mass is 79.9. The number of aliphatic hydroxyl groups excluding tert-OH is 1. The number of rotatable bonds is 0. The van der Waals surface area contributed by atoms with Gasteiger partial charge >= 0.3 is 0 Å². The quantitative estimate of drug-likeness (QED) is 0.225. The minimum atomic E-state index is -0.916. The number of benzene rings is 2. The summed E-state index contributed by atoms with van der Waals surface area (Å²) in [5.74, 6) is -3.41. The Hall–Kier alpha value is -0.220. The zero-order valence-corrected chi connectivity index (χ0v) is 20.9. The van der Waals surface area contributed by atoms with Gasteiger partial charge in [0.05, 0.1) is 15.8 Å². The van der Waals surface area contributed by atoms with E-state index in [1.165, 1.54) is 12.1 Å². The second kappa shape index (κ2) is 9.51. The van der Waals surface area contributed by atoms with Crippen LogP contribution in [0.1, 0.15) is 44.4 Å². The molecule has 0 spiro atoms. The monoisotopic (exact) mass is 662 g/mol. The summed E-state index contributed by atoms with van der Waals surface area (Å²) in [5, 5.41) is 9.72. The molecule has 4 rings (SSSR count). The van der Waals surface area contributed by atoms with E-state index in [9.17, 15) is 22.7 Å². The van der Waals surface area contributed by atoms with Gasteiger partial charge in [0.2, 0.25) is 0 Å². The van der Waals surface area contributed by atoms with Crippen LogP contribution in [0.25, 0.3) is 6.08 Å². The van der Waals surface area contributed by atoms with Crippen molar-refractivity contribution in [3.8, 4) is 0 Å². The predicted octanol–water partition coefficient (Wildman–Crippen LogP) is 7.79. The summed E-state index contributed by atoms with van der Waals surface area (Å²) in [6.45, 7) is 0. The van der Waals surface area contributed by atoms with E-state index in [0.29, 0.717) is 17.5 Å². The van der Waals surface area contributed by atoms with E-state index in [1.54, 1.807) is 6.08 Å². The highest BCUT2D eigenvalue weighted by molar-refractivity contribution is 9.12. The Morgan fingerprint density at radius 2 is 1.24 bits per heavy atom. The van der Waals surface area contributed by atoms with Crippen LogP contribution in [0, 0.1) is 23.3 Å². The molecule has 0 fully saturated rings. The van der Waals surface area contributed by atoms with Gasteiger partial charge in [-0.2, -0.15) is 0 Å². The molecule has 2 aliphatic carbocycles. The molecule has 9 heteroatoms. The summed E-state index contributed by atoms with van der Waals surface area (Å²) in [4.78, 5) is 0.00771. The van der Waals surface area contributed by atoms with Gasteiger partial charge in [-0.3, -0.25) is 0 Å². The minimum absolute atomic E-state index is 0.0161. The molecule has 29 heavy (non-hydrogen) atoms. The Kier molecular flexibility index (Phi) is 7.68. The molecule has 0 saturated heterocycles. The van der Waals surface area contributed by atoms with Crippen LogP contribution in [0.3, 0.4) is 0 Å². The standard InChI is InChI=1S/C10H8Br2F2O.C10H6Br2F2/c11-6-3-9(15)4-1-7(13)8(14)2-5(4)10(6)12;11-7-2-1-5-3-8(13)9(14)4-6(5)10(7)12/h1-2,6,9-10,15H,3H2;1-4,7,10H. The third kappa shape index (κ3) is 5.00. The summed E-state index contributed by atoms with van der Waals surface area (Å²) in [6, 6.07) is 4.67. The smallest absolute Gasteiger partial charge is 0.159 e. The van der Waals surface area contributed by atoms with Crippen molar-refractivity contribution in [1.29, 1.82) is 0 Å². The van der Waals surface area contributed by atoms with Crippen molar-refractivity contribution in [3.63, 3.8) is 0 Å². The number of fused-ring (bicyclic) bond motifs is 2. The van der Waals surface area contributed by atoms with Gasteiger partial charge in [-0.25, -0.2) is 17.6 Å². The Morgan fingerprint density at radius 3 is 1.86 bits per heavy atom. The maximum absolute atomic E-state index is 13.0. The normalized spacial score (nSPS) is 27.6. The number of hydrogen-bond acceptors (Lipinski definition) is 1. The van der Waals surface area contributed by atoms with Crippen LogP contribution < -0.4 is 0 Å². The van der Waals surface area contributed by atoms with E-state index in [0.717, 1.165) is 23.3 Å². The maximum Gasteiger partial charge on any atom is 0.159 e. The fourth-order valence-electron chi connectivity index (χ4n) is 3.19. The molecule has 2 aliphatic rings. The molecule has 5 atom stereocenters. The molecule has 156 valence electrons. The lowest BCUT2D eigenvalue weighted by molar-refractivity contribution is 0.158. The van der Waals surface area contributed by atoms with E-state index in [2.05, 4.69) is 63.7 Å². The maximum atomic E-state index is 13.0. The van der Waals surface area contributed by atoms with Gasteiger partial charge in [0, 0.05) is 9.65 Å². The number of hydrogen-bond donors (Lipinski definition) is 1. The highest BCUT2D eigenvalue weighted by Crippen LogP contribution is 2.45. The van der Waals surface area contributed by atoms with Crippen molar-refractivity contribution in [2.45, 2.75) is 31.8 Å². The third-order valence-electron chi connectivity index (χ3n) is 4.71. The van der Waals surface area contributed by atoms with Gasteiger partial charge in [0.1, 0.15) is 0 Å². The number of halogens is 8. The van der Waals surface area contributed by atoms with E-state index in [1.807, 2.05) is 6.08 Å². The second-order valence-electron chi connectivity index (χ2n) is 6.67. The first-order chi connectivity index (χ1) is 13.6. The molecule has 2 aromatic carbocycles. The Balaban J connectivity index is 0.000000166. The summed E-state index contributed by atoms with van der Waals surface area (Å²) in [6.07, 6.45) is 3.43. The SMILES string of the molecule is Fc1cc2c(cc1F)C(Br)C(Br)C=C2.OC1CC(Br)C(Br)c2cc(F)c(F)cc21. The van der Waals surface area contributed by atoms with Crippen LogP contribution in [-0.4, -0.2) is 14.8 Å². The van der Waals surface area contributed by atoms with Gasteiger partial charge in [0.15, 0.2) is 23.3 Å². The Morgan fingerprint density at radius 1 is 0.724 bits per heavy atom. The second-order valence-corrected chi connectivity index (χ2v) is 10.9. The Labute approximate surface area is 199 Å². The molecule has 0 heterocycles. The van der Waals surface area contributed by atoms with Crippen LogP contribution in [0.2, 0.25) is 0 Å². The zero-order valence-electron chi connectivity index (χ0n) is 14.5. The third-order valence-corrected chi connectivity index (χ3v) is 10.1. The molecular formula is C20H14Br4F4O. The summed E-state index contributed by atoms with van der Waals surface area (Å²) in [5.41, 5.74) is 2.57. The van der Waals surface area contributed by atoms with Gasteiger partial charge in [0.25, 0.3) is 0 Å². The molecule has 5 unspecified atom stereocenters. The lowest BCUT2D eigenvalue weighted by Gasteiger charge is -2.29. The molecule has 0 saturated carbocycles. The lowest BCUT2D eigenvalue weighted by atomic mass is 9.89. The van der Waals surface area contributed by atoms with Crippen molar-refractivity contribution < 1.29 is 22.7 Å². The van der Waals surface area contributed by atoms with Crippen LogP contribution >= 0.6 is 63.7 Å². The number of aliphatic hydroxyl groups is 1. The first kappa shape index (κ1) is 23.4. The van der Waals surface area contributed by atoms with Crippen molar-refractivity contribution in [2.75, 3.05) is 0 Å². The topological polar surface area (TPSA) is 20.2 Å². The van der Waals surface area contributed by atoms with Gasteiger partial charge in [-0.1, -0.05) is 75.9 Å². The van der Waals surface area contributed by atoms with Crippen molar-refractivity contribution in [2.24, 2.45) is 0 Å². The highest BCUT2D eigenvalue weighted by Gasteiger charge is 2.32. The lowest BCUT2D eigenvalue weighted by Crippen LogP contribution is -2.21. The van der Waals surface area contributed by atoms with E-state index in [-0.39, 0.29) is 19.3 Å². The molecule has 0 radical (unpaired) electrons.